The maximum atomic E-state index is 8.52. The molecule has 0 aromatic carbocycles. The van der Waals surface area contributed by atoms with E-state index in [0.29, 0.717) is 0 Å². The fourth-order valence-electron chi connectivity index (χ4n) is 0. The zero-order valence-corrected chi connectivity index (χ0v) is 14.2. The molecule has 0 heterocycles. The Morgan fingerprint density at radius 3 is 0.812 bits per heavy atom. The predicted octanol–water partition coefficient (Wildman–Crippen LogP) is 5.91. The SMILES string of the molecule is CC.CC.CC(C)(C)O.CC(C)C.CCC. The van der Waals surface area contributed by atoms with Crippen LogP contribution in [-0.2, 0) is 0 Å². The summed E-state index contributed by atoms with van der Waals surface area (Å²) in [7, 11) is 0. The maximum Gasteiger partial charge on any atom is 0.0563 e. The molecule has 0 aliphatic rings. The Hall–Kier alpha value is -0.0400. The minimum atomic E-state index is -0.500. The first-order valence-corrected chi connectivity index (χ1v) is 6.87. The monoisotopic (exact) mass is 236 g/mol. The summed E-state index contributed by atoms with van der Waals surface area (Å²) in [5, 5.41) is 8.52. The zero-order chi connectivity index (χ0) is 14.8. The van der Waals surface area contributed by atoms with Crippen LogP contribution in [0.3, 0.4) is 0 Å². The highest BCUT2D eigenvalue weighted by Gasteiger charge is 1.97. The van der Waals surface area contributed by atoms with E-state index in [2.05, 4.69) is 34.6 Å². The van der Waals surface area contributed by atoms with Crippen molar-refractivity contribution in [3.63, 3.8) is 0 Å². The Balaban J connectivity index is -0.0000000334. The third kappa shape index (κ3) is 1470000. The third-order valence-electron chi connectivity index (χ3n) is 0. The van der Waals surface area contributed by atoms with Crippen molar-refractivity contribution < 1.29 is 5.11 Å². The van der Waals surface area contributed by atoms with E-state index in [-0.39, 0.29) is 0 Å². The van der Waals surface area contributed by atoms with Crippen LogP contribution in [0.4, 0.5) is 0 Å². The van der Waals surface area contributed by atoms with Crippen LogP contribution in [0, 0.1) is 5.92 Å². The fourth-order valence-corrected chi connectivity index (χ4v) is 0. The summed E-state index contributed by atoms with van der Waals surface area (Å²) in [6.07, 6.45) is 1.25. The van der Waals surface area contributed by atoms with E-state index in [0.717, 1.165) is 5.92 Å². The van der Waals surface area contributed by atoms with Crippen molar-refractivity contribution in [2.45, 2.75) is 95.1 Å². The summed E-state index contributed by atoms with van der Waals surface area (Å²) >= 11 is 0. The highest BCUT2D eigenvalue weighted by atomic mass is 16.3. The first-order chi connectivity index (χ1) is 7.15. The van der Waals surface area contributed by atoms with Gasteiger partial charge in [0.25, 0.3) is 0 Å². The summed E-state index contributed by atoms with van der Waals surface area (Å²) < 4.78 is 0. The average molecular weight is 236 g/mol. The lowest BCUT2D eigenvalue weighted by molar-refractivity contribution is 0.102. The number of rotatable bonds is 0. The Morgan fingerprint density at radius 2 is 0.812 bits per heavy atom. The van der Waals surface area contributed by atoms with E-state index in [1.54, 1.807) is 20.8 Å². The van der Waals surface area contributed by atoms with E-state index < -0.39 is 5.60 Å². The van der Waals surface area contributed by atoms with Gasteiger partial charge in [0.2, 0.25) is 0 Å². The van der Waals surface area contributed by atoms with Gasteiger partial charge >= 0.3 is 0 Å². The number of aliphatic hydroxyl groups is 1. The van der Waals surface area contributed by atoms with Crippen molar-refractivity contribution in [2.75, 3.05) is 0 Å². The van der Waals surface area contributed by atoms with Crippen molar-refractivity contribution >= 4 is 0 Å². The molecule has 0 spiro atoms. The van der Waals surface area contributed by atoms with Crippen LogP contribution in [0.15, 0.2) is 0 Å². The molecule has 0 amide bonds. The minimum Gasteiger partial charge on any atom is -0.391 e. The van der Waals surface area contributed by atoms with Crippen molar-refractivity contribution in [1.82, 2.24) is 0 Å². The molecule has 1 nitrogen and oxygen atoms in total. The van der Waals surface area contributed by atoms with Crippen LogP contribution in [0.5, 0.6) is 0 Å². The molecule has 0 radical (unpaired) electrons. The predicted molar refractivity (Wildman–Crippen MR) is 81.1 cm³/mol. The van der Waals surface area contributed by atoms with E-state index in [4.69, 9.17) is 5.11 Å². The molecule has 16 heavy (non-hydrogen) atoms. The van der Waals surface area contributed by atoms with Crippen molar-refractivity contribution in [2.24, 2.45) is 5.92 Å². The van der Waals surface area contributed by atoms with Gasteiger partial charge in [0.15, 0.2) is 0 Å². The minimum absolute atomic E-state index is 0.500. The summed E-state index contributed by atoms with van der Waals surface area (Å²) in [6.45, 7) is 24.0. The van der Waals surface area contributed by atoms with Crippen LogP contribution in [0.2, 0.25) is 0 Å². The van der Waals surface area contributed by atoms with Crippen molar-refractivity contribution in [3.8, 4) is 0 Å². The lowest BCUT2D eigenvalue weighted by atomic mass is 10.2. The standard InChI is InChI=1S/C4H10O.C4H10.C3H8.2C2H6/c1-4(2,3)5;1-4(2)3;1-3-2;2*1-2/h5H,1-3H3;4H,1-3H3;3H2,1-2H3;2*1-2H3. The summed E-state index contributed by atoms with van der Waals surface area (Å²) in [5.41, 5.74) is -0.500. The van der Waals surface area contributed by atoms with Crippen LogP contribution >= 0.6 is 0 Å². The summed E-state index contributed by atoms with van der Waals surface area (Å²) in [6, 6.07) is 0. The Labute approximate surface area is 107 Å². The Bertz CT molecular complexity index is 51.6. The molecule has 0 aliphatic carbocycles. The smallest absolute Gasteiger partial charge is 0.0563 e. The maximum absolute atomic E-state index is 8.52. The summed E-state index contributed by atoms with van der Waals surface area (Å²) in [5.74, 6) is 0.833. The average Bonchev–Trinajstić information content (AvgIpc) is 2.08. The van der Waals surface area contributed by atoms with Crippen molar-refractivity contribution in [1.29, 1.82) is 0 Å². The van der Waals surface area contributed by atoms with Gasteiger partial charge in [-0.25, -0.2) is 0 Å². The van der Waals surface area contributed by atoms with E-state index in [9.17, 15) is 0 Å². The van der Waals surface area contributed by atoms with E-state index in [1.165, 1.54) is 6.42 Å². The molecule has 0 bridgehead atoms. The van der Waals surface area contributed by atoms with Crippen molar-refractivity contribution in [3.05, 3.63) is 0 Å². The molecule has 0 aliphatic heterocycles. The Kier molecular flexibility index (Phi) is 54.6. The number of hydrogen-bond donors (Lipinski definition) is 1. The highest BCUT2D eigenvalue weighted by molar-refractivity contribution is 4.50. The van der Waals surface area contributed by atoms with Gasteiger partial charge in [-0.05, 0) is 26.7 Å². The second-order valence-corrected chi connectivity index (χ2v) is 4.61. The van der Waals surface area contributed by atoms with Gasteiger partial charge in [0.1, 0.15) is 0 Å². The van der Waals surface area contributed by atoms with Gasteiger partial charge in [-0.2, -0.15) is 0 Å². The van der Waals surface area contributed by atoms with Gasteiger partial charge in [0, 0.05) is 0 Å². The normalized spacial score (nSPS) is 7.88. The highest BCUT2D eigenvalue weighted by Crippen LogP contribution is 1.93. The van der Waals surface area contributed by atoms with Gasteiger partial charge in [0.05, 0.1) is 5.60 Å². The van der Waals surface area contributed by atoms with Gasteiger partial charge < -0.3 is 5.11 Å². The first kappa shape index (κ1) is 29.7. The van der Waals surface area contributed by atoms with E-state index in [1.807, 2.05) is 27.7 Å². The molecular formula is C15H40O. The second kappa shape index (κ2) is 29.4. The van der Waals surface area contributed by atoms with Crippen LogP contribution < -0.4 is 0 Å². The molecule has 0 unspecified atom stereocenters. The molecule has 0 aromatic rings. The molecule has 106 valence electrons. The van der Waals surface area contributed by atoms with Crippen LogP contribution in [0.25, 0.3) is 0 Å². The lowest BCUT2D eigenvalue weighted by Gasteiger charge is -2.04. The lowest BCUT2D eigenvalue weighted by Crippen LogP contribution is -2.10. The van der Waals surface area contributed by atoms with Gasteiger partial charge in [-0.15, -0.1) is 0 Å². The molecule has 0 saturated heterocycles. The molecule has 0 atom stereocenters. The van der Waals surface area contributed by atoms with Crippen LogP contribution in [0.1, 0.15) is 89.5 Å². The molecule has 0 aromatic heterocycles. The fraction of sp³-hybridized carbons (Fsp3) is 1.00. The quantitative estimate of drug-likeness (QED) is 0.554. The molecule has 1 N–H and O–H groups in total. The Morgan fingerprint density at radius 1 is 0.812 bits per heavy atom. The third-order valence-corrected chi connectivity index (χ3v) is 0. The zero-order valence-electron chi connectivity index (χ0n) is 14.2. The van der Waals surface area contributed by atoms with Gasteiger partial charge in [-0.1, -0.05) is 68.7 Å². The largest absolute Gasteiger partial charge is 0.391 e. The number of hydrogen-bond acceptors (Lipinski definition) is 1. The molecule has 0 fully saturated rings. The molecule has 0 saturated carbocycles. The molecule has 0 rings (SSSR count). The second-order valence-electron chi connectivity index (χ2n) is 4.61. The molecular weight excluding hydrogens is 196 g/mol. The van der Waals surface area contributed by atoms with Gasteiger partial charge in [-0.3, -0.25) is 0 Å². The summed E-state index contributed by atoms with van der Waals surface area (Å²) in [4.78, 5) is 0. The van der Waals surface area contributed by atoms with E-state index >= 15 is 0 Å². The first-order valence-electron chi connectivity index (χ1n) is 6.87. The van der Waals surface area contributed by atoms with Crippen LogP contribution in [-0.4, -0.2) is 10.7 Å². The topological polar surface area (TPSA) is 20.2 Å². The molecule has 1 heteroatoms.